The van der Waals surface area contributed by atoms with E-state index in [1.165, 1.54) is 4.88 Å². The summed E-state index contributed by atoms with van der Waals surface area (Å²) in [7, 11) is 0. The van der Waals surface area contributed by atoms with Gasteiger partial charge < -0.3 is 5.32 Å². The van der Waals surface area contributed by atoms with Crippen molar-refractivity contribution in [3.05, 3.63) is 10.6 Å². The quantitative estimate of drug-likeness (QED) is 0.786. The highest BCUT2D eigenvalue weighted by Crippen LogP contribution is 2.21. The van der Waals surface area contributed by atoms with Gasteiger partial charge in [0.05, 0.1) is 5.69 Å². The average Bonchev–Trinajstić information content (AvgIpc) is 2.42. The van der Waals surface area contributed by atoms with Gasteiger partial charge in [-0.25, -0.2) is 4.98 Å². The summed E-state index contributed by atoms with van der Waals surface area (Å²) in [5, 5.41) is 4.29. The second-order valence-electron chi connectivity index (χ2n) is 3.30. The van der Waals surface area contributed by atoms with Gasteiger partial charge in [0.1, 0.15) is 0 Å². The van der Waals surface area contributed by atoms with Crippen LogP contribution in [0.3, 0.4) is 0 Å². The lowest BCUT2D eigenvalue weighted by Gasteiger charge is -2.06. The molecular formula is C9H15ClN2S. The fourth-order valence-corrected chi connectivity index (χ4v) is 1.79. The maximum atomic E-state index is 5.70. The molecule has 0 bridgehead atoms. The van der Waals surface area contributed by atoms with Crippen molar-refractivity contribution < 1.29 is 0 Å². The third-order valence-electron chi connectivity index (χ3n) is 1.89. The van der Waals surface area contributed by atoms with Crippen molar-refractivity contribution in [2.45, 2.75) is 20.8 Å². The number of anilines is 1. The first-order valence-corrected chi connectivity index (χ1v) is 5.72. The largest absolute Gasteiger partial charge is 0.361 e. The smallest absolute Gasteiger partial charge is 0.183 e. The van der Waals surface area contributed by atoms with E-state index < -0.39 is 0 Å². The molecule has 2 nitrogen and oxygen atoms in total. The number of halogens is 1. The Morgan fingerprint density at radius 3 is 2.69 bits per heavy atom. The SMILES string of the molecule is Cc1nc(NCC(C)CCl)sc1C. The van der Waals surface area contributed by atoms with Gasteiger partial charge in [0.2, 0.25) is 0 Å². The number of hydrogen-bond acceptors (Lipinski definition) is 3. The Bertz CT molecular complexity index is 253. The molecule has 1 rings (SSSR count). The number of rotatable bonds is 4. The van der Waals surface area contributed by atoms with Gasteiger partial charge in [-0.15, -0.1) is 22.9 Å². The Morgan fingerprint density at radius 1 is 1.54 bits per heavy atom. The third kappa shape index (κ3) is 3.16. The first-order chi connectivity index (χ1) is 6.13. The van der Waals surface area contributed by atoms with E-state index in [0.717, 1.165) is 17.4 Å². The number of aryl methyl sites for hydroxylation is 2. The number of nitrogens with zero attached hydrogens (tertiary/aromatic N) is 1. The summed E-state index contributed by atoms with van der Waals surface area (Å²) < 4.78 is 0. The molecule has 0 amide bonds. The summed E-state index contributed by atoms with van der Waals surface area (Å²) in [6.45, 7) is 7.13. The van der Waals surface area contributed by atoms with Crippen LogP contribution in [0.1, 0.15) is 17.5 Å². The molecule has 1 heterocycles. The molecule has 1 atom stereocenters. The molecule has 4 heteroatoms. The molecule has 0 saturated carbocycles. The van der Waals surface area contributed by atoms with Crippen molar-refractivity contribution in [1.29, 1.82) is 0 Å². The van der Waals surface area contributed by atoms with Crippen LogP contribution >= 0.6 is 22.9 Å². The maximum absolute atomic E-state index is 5.70. The molecular weight excluding hydrogens is 204 g/mol. The van der Waals surface area contributed by atoms with Crippen LogP contribution in [-0.4, -0.2) is 17.4 Å². The molecule has 0 spiro atoms. The zero-order chi connectivity index (χ0) is 9.84. The lowest BCUT2D eigenvalue weighted by Crippen LogP contribution is -2.12. The van der Waals surface area contributed by atoms with Crippen molar-refractivity contribution in [2.75, 3.05) is 17.7 Å². The van der Waals surface area contributed by atoms with Crippen LogP contribution in [0.5, 0.6) is 0 Å². The first kappa shape index (κ1) is 10.8. The van der Waals surface area contributed by atoms with E-state index in [0.29, 0.717) is 11.8 Å². The number of thiazole rings is 1. The molecule has 1 aromatic rings. The standard InChI is InChI=1S/C9H15ClN2S/c1-6(4-10)5-11-9-12-7(2)8(3)13-9/h6H,4-5H2,1-3H3,(H,11,12). The van der Waals surface area contributed by atoms with Gasteiger partial charge in [-0.05, 0) is 19.8 Å². The Kier molecular flexibility index (Phi) is 4.00. The summed E-state index contributed by atoms with van der Waals surface area (Å²) in [6, 6.07) is 0. The number of alkyl halides is 1. The van der Waals surface area contributed by atoms with Crippen LogP contribution in [0.4, 0.5) is 5.13 Å². The lowest BCUT2D eigenvalue weighted by molar-refractivity contribution is 0.696. The van der Waals surface area contributed by atoms with E-state index in [1.807, 2.05) is 6.92 Å². The molecule has 74 valence electrons. The van der Waals surface area contributed by atoms with Gasteiger partial charge in [-0.2, -0.15) is 0 Å². The summed E-state index contributed by atoms with van der Waals surface area (Å²) >= 11 is 7.40. The maximum Gasteiger partial charge on any atom is 0.183 e. The second kappa shape index (κ2) is 4.82. The molecule has 0 fully saturated rings. The zero-order valence-corrected chi connectivity index (χ0v) is 9.80. The minimum absolute atomic E-state index is 0.492. The fourth-order valence-electron chi connectivity index (χ4n) is 0.864. The third-order valence-corrected chi connectivity index (χ3v) is 3.45. The minimum Gasteiger partial charge on any atom is -0.361 e. The van der Waals surface area contributed by atoms with Crippen molar-refractivity contribution >= 4 is 28.1 Å². The molecule has 1 N–H and O–H groups in total. The molecule has 1 unspecified atom stereocenters. The van der Waals surface area contributed by atoms with Gasteiger partial charge in [-0.3, -0.25) is 0 Å². The average molecular weight is 219 g/mol. The molecule has 13 heavy (non-hydrogen) atoms. The fraction of sp³-hybridized carbons (Fsp3) is 0.667. The minimum atomic E-state index is 0.492. The molecule has 0 saturated heterocycles. The molecule has 0 aliphatic carbocycles. The molecule has 0 aliphatic rings. The van der Waals surface area contributed by atoms with Gasteiger partial charge in [0.15, 0.2) is 5.13 Å². The summed E-state index contributed by atoms with van der Waals surface area (Å²) in [5.74, 6) is 1.18. The Labute approximate surface area is 88.3 Å². The molecule has 0 aliphatic heterocycles. The van der Waals surface area contributed by atoms with Crippen LogP contribution in [0.25, 0.3) is 0 Å². The topological polar surface area (TPSA) is 24.9 Å². The number of nitrogens with one attached hydrogen (secondary N) is 1. The summed E-state index contributed by atoms with van der Waals surface area (Å²) in [4.78, 5) is 5.66. The van der Waals surface area contributed by atoms with E-state index in [2.05, 4.69) is 24.1 Å². The highest BCUT2D eigenvalue weighted by molar-refractivity contribution is 7.15. The van der Waals surface area contributed by atoms with E-state index in [9.17, 15) is 0 Å². The van der Waals surface area contributed by atoms with Gasteiger partial charge in [-0.1, -0.05) is 6.92 Å². The van der Waals surface area contributed by atoms with Crippen LogP contribution in [0.2, 0.25) is 0 Å². The van der Waals surface area contributed by atoms with Crippen molar-refractivity contribution in [3.8, 4) is 0 Å². The van der Waals surface area contributed by atoms with Gasteiger partial charge in [0.25, 0.3) is 0 Å². The first-order valence-electron chi connectivity index (χ1n) is 4.37. The summed E-state index contributed by atoms with van der Waals surface area (Å²) in [6.07, 6.45) is 0. The van der Waals surface area contributed by atoms with Crippen LogP contribution in [0, 0.1) is 19.8 Å². The highest BCUT2D eigenvalue weighted by Gasteiger charge is 2.04. The zero-order valence-electron chi connectivity index (χ0n) is 8.22. The Morgan fingerprint density at radius 2 is 2.23 bits per heavy atom. The molecule has 1 aromatic heterocycles. The predicted molar refractivity (Wildman–Crippen MR) is 60.0 cm³/mol. The van der Waals surface area contributed by atoms with E-state index in [1.54, 1.807) is 11.3 Å². The van der Waals surface area contributed by atoms with Crippen molar-refractivity contribution in [2.24, 2.45) is 5.92 Å². The number of aromatic nitrogens is 1. The van der Waals surface area contributed by atoms with E-state index in [-0.39, 0.29) is 0 Å². The normalized spacial score (nSPS) is 12.9. The predicted octanol–water partition coefficient (Wildman–Crippen LogP) is 3.05. The molecule has 0 aromatic carbocycles. The Hall–Kier alpha value is -0.280. The Balaban J connectivity index is 2.45. The van der Waals surface area contributed by atoms with E-state index >= 15 is 0 Å². The van der Waals surface area contributed by atoms with Crippen LogP contribution in [0.15, 0.2) is 0 Å². The number of hydrogen-bond donors (Lipinski definition) is 1. The summed E-state index contributed by atoms with van der Waals surface area (Å²) in [5.41, 5.74) is 1.12. The van der Waals surface area contributed by atoms with Crippen LogP contribution in [-0.2, 0) is 0 Å². The monoisotopic (exact) mass is 218 g/mol. The van der Waals surface area contributed by atoms with Crippen molar-refractivity contribution in [1.82, 2.24) is 4.98 Å². The lowest BCUT2D eigenvalue weighted by atomic mass is 10.2. The van der Waals surface area contributed by atoms with Gasteiger partial charge in [0, 0.05) is 17.3 Å². The van der Waals surface area contributed by atoms with Gasteiger partial charge >= 0.3 is 0 Å². The van der Waals surface area contributed by atoms with Crippen molar-refractivity contribution in [3.63, 3.8) is 0 Å². The second-order valence-corrected chi connectivity index (χ2v) is 4.81. The van der Waals surface area contributed by atoms with E-state index in [4.69, 9.17) is 11.6 Å². The van der Waals surface area contributed by atoms with Crippen LogP contribution < -0.4 is 5.32 Å². The molecule has 0 radical (unpaired) electrons. The highest BCUT2D eigenvalue weighted by atomic mass is 35.5.